The van der Waals surface area contributed by atoms with E-state index in [1.165, 1.54) is 23.1 Å². The van der Waals surface area contributed by atoms with E-state index in [1.807, 2.05) is 0 Å². The van der Waals surface area contributed by atoms with E-state index >= 15 is 0 Å². The fourth-order valence-corrected chi connectivity index (χ4v) is 2.19. The molecule has 0 aliphatic heterocycles. The maximum Gasteiger partial charge on any atom is 0.00104 e. The van der Waals surface area contributed by atoms with Gasteiger partial charge in [0.1, 0.15) is 0 Å². The summed E-state index contributed by atoms with van der Waals surface area (Å²) in [6.07, 6.45) is 1.19. The maximum atomic E-state index is 3.54. The highest BCUT2D eigenvalue weighted by molar-refractivity contribution is 5.30. The Morgan fingerprint density at radius 1 is 1.00 bits per heavy atom. The molecule has 2 atom stereocenters. The van der Waals surface area contributed by atoms with Gasteiger partial charge in [-0.05, 0) is 49.8 Å². The first-order valence-corrected chi connectivity index (χ1v) is 7.19. The van der Waals surface area contributed by atoms with Crippen molar-refractivity contribution in [3.63, 3.8) is 0 Å². The molecule has 2 unspecified atom stereocenters. The molecule has 0 aromatic heterocycles. The molecule has 1 heteroatoms. The predicted molar refractivity (Wildman–Crippen MR) is 81.1 cm³/mol. The molecule has 0 saturated carbocycles. The Labute approximate surface area is 113 Å². The minimum Gasteiger partial charge on any atom is -0.314 e. The molecule has 102 valence electrons. The Bertz CT molecular complexity index is 368. The topological polar surface area (TPSA) is 12.0 Å². The van der Waals surface area contributed by atoms with E-state index < -0.39 is 0 Å². The third-order valence-electron chi connectivity index (χ3n) is 3.87. The van der Waals surface area contributed by atoms with Crippen LogP contribution >= 0.6 is 0 Å². The lowest BCUT2D eigenvalue weighted by molar-refractivity contribution is 0.354. The molecule has 1 nitrogen and oxygen atoms in total. The second-order valence-electron chi connectivity index (χ2n) is 6.15. The summed E-state index contributed by atoms with van der Waals surface area (Å²) in [5, 5.41) is 3.54. The SMILES string of the molecule is Cc1ccc(C)c(CC(C)C(C)CNC(C)C)c1. The van der Waals surface area contributed by atoms with Gasteiger partial charge in [0.05, 0.1) is 0 Å². The molecule has 0 amide bonds. The van der Waals surface area contributed by atoms with Crippen molar-refractivity contribution >= 4 is 0 Å². The van der Waals surface area contributed by atoms with Crippen molar-refractivity contribution in [1.82, 2.24) is 5.32 Å². The second-order valence-corrected chi connectivity index (χ2v) is 6.15. The Hall–Kier alpha value is -0.820. The van der Waals surface area contributed by atoms with Gasteiger partial charge in [-0.3, -0.25) is 0 Å². The van der Waals surface area contributed by atoms with Gasteiger partial charge < -0.3 is 5.32 Å². The molecule has 1 aromatic rings. The lowest BCUT2D eigenvalue weighted by Crippen LogP contribution is -2.31. The first kappa shape index (κ1) is 15.2. The lowest BCUT2D eigenvalue weighted by atomic mass is 9.87. The first-order chi connectivity index (χ1) is 8.40. The third kappa shape index (κ3) is 4.81. The molecule has 0 aliphatic carbocycles. The van der Waals surface area contributed by atoms with Gasteiger partial charge in [-0.2, -0.15) is 0 Å². The van der Waals surface area contributed by atoms with Gasteiger partial charge in [-0.25, -0.2) is 0 Å². The van der Waals surface area contributed by atoms with Crippen LogP contribution in [0.4, 0.5) is 0 Å². The smallest absolute Gasteiger partial charge is 0.00104 e. The van der Waals surface area contributed by atoms with Crippen LogP contribution in [0, 0.1) is 25.7 Å². The zero-order valence-corrected chi connectivity index (χ0v) is 12.9. The molecule has 0 bridgehead atoms. The third-order valence-corrected chi connectivity index (χ3v) is 3.87. The molecule has 0 aliphatic rings. The van der Waals surface area contributed by atoms with Crippen LogP contribution in [-0.4, -0.2) is 12.6 Å². The van der Waals surface area contributed by atoms with Crippen LogP contribution in [0.25, 0.3) is 0 Å². The van der Waals surface area contributed by atoms with Crippen LogP contribution < -0.4 is 5.32 Å². The maximum absolute atomic E-state index is 3.54. The molecule has 1 rings (SSSR count). The van der Waals surface area contributed by atoms with E-state index in [-0.39, 0.29) is 0 Å². The zero-order chi connectivity index (χ0) is 13.7. The van der Waals surface area contributed by atoms with Gasteiger partial charge in [0.2, 0.25) is 0 Å². The quantitative estimate of drug-likeness (QED) is 0.797. The van der Waals surface area contributed by atoms with E-state index in [1.54, 1.807) is 0 Å². The fraction of sp³-hybridized carbons (Fsp3) is 0.647. The van der Waals surface area contributed by atoms with Gasteiger partial charge in [0, 0.05) is 6.04 Å². The van der Waals surface area contributed by atoms with Crippen LogP contribution in [0.15, 0.2) is 18.2 Å². The van der Waals surface area contributed by atoms with Crippen molar-refractivity contribution in [3.8, 4) is 0 Å². The molecule has 18 heavy (non-hydrogen) atoms. The highest BCUT2D eigenvalue weighted by Gasteiger charge is 2.14. The zero-order valence-electron chi connectivity index (χ0n) is 12.9. The lowest BCUT2D eigenvalue weighted by Gasteiger charge is -2.22. The monoisotopic (exact) mass is 247 g/mol. The van der Waals surface area contributed by atoms with Crippen LogP contribution in [0.3, 0.4) is 0 Å². The molecule has 0 saturated heterocycles. The minimum absolute atomic E-state index is 0.584. The molecule has 1 aromatic carbocycles. The predicted octanol–water partition coefficient (Wildman–Crippen LogP) is 4.12. The van der Waals surface area contributed by atoms with Crippen molar-refractivity contribution in [2.24, 2.45) is 11.8 Å². The minimum atomic E-state index is 0.584. The van der Waals surface area contributed by atoms with Crippen molar-refractivity contribution in [2.75, 3.05) is 6.54 Å². The first-order valence-electron chi connectivity index (χ1n) is 7.19. The summed E-state index contributed by atoms with van der Waals surface area (Å²) >= 11 is 0. The number of hydrogen-bond acceptors (Lipinski definition) is 1. The molecule has 0 radical (unpaired) electrons. The van der Waals surface area contributed by atoms with Gasteiger partial charge in [0.25, 0.3) is 0 Å². The number of hydrogen-bond donors (Lipinski definition) is 1. The summed E-state index contributed by atoms with van der Waals surface area (Å²) < 4.78 is 0. The van der Waals surface area contributed by atoms with E-state index in [2.05, 4.69) is 65.1 Å². The number of nitrogens with one attached hydrogen (secondary N) is 1. The van der Waals surface area contributed by atoms with Gasteiger partial charge >= 0.3 is 0 Å². The average Bonchev–Trinajstić information content (AvgIpc) is 2.30. The Kier molecular flexibility index (Phi) is 5.87. The van der Waals surface area contributed by atoms with E-state index in [4.69, 9.17) is 0 Å². The highest BCUT2D eigenvalue weighted by Crippen LogP contribution is 2.20. The Morgan fingerprint density at radius 3 is 2.28 bits per heavy atom. The number of rotatable bonds is 6. The standard InChI is InChI=1S/C17H29N/c1-12(2)18-11-16(6)15(5)10-17-9-13(3)7-8-14(17)4/h7-9,12,15-16,18H,10-11H2,1-6H3. The van der Waals surface area contributed by atoms with Crippen molar-refractivity contribution in [1.29, 1.82) is 0 Å². The summed E-state index contributed by atoms with van der Waals surface area (Å²) in [6.45, 7) is 14.7. The van der Waals surface area contributed by atoms with Crippen molar-refractivity contribution < 1.29 is 0 Å². The van der Waals surface area contributed by atoms with E-state index in [9.17, 15) is 0 Å². The molecule has 1 N–H and O–H groups in total. The Balaban J connectivity index is 2.57. The molecule has 0 fully saturated rings. The Morgan fingerprint density at radius 2 is 1.67 bits per heavy atom. The van der Waals surface area contributed by atoms with Crippen LogP contribution in [0.1, 0.15) is 44.4 Å². The van der Waals surface area contributed by atoms with E-state index in [0.29, 0.717) is 12.0 Å². The number of aryl methyl sites for hydroxylation is 2. The van der Waals surface area contributed by atoms with Gasteiger partial charge in [0.15, 0.2) is 0 Å². The summed E-state index contributed by atoms with van der Waals surface area (Å²) in [7, 11) is 0. The molecular formula is C17H29N. The molecular weight excluding hydrogens is 218 g/mol. The van der Waals surface area contributed by atoms with Crippen molar-refractivity contribution in [3.05, 3.63) is 34.9 Å². The van der Waals surface area contributed by atoms with E-state index in [0.717, 1.165) is 12.5 Å². The van der Waals surface area contributed by atoms with Crippen molar-refractivity contribution in [2.45, 2.75) is 54.0 Å². The fourth-order valence-electron chi connectivity index (χ4n) is 2.19. The van der Waals surface area contributed by atoms with Crippen LogP contribution in [-0.2, 0) is 6.42 Å². The summed E-state index contributed by atoms with van der Waals surface area (Å²) in [5.41, 5.74) is 4.31. The molecule has 0 heterocycles. The molecule has 0 spiro atoms. The highest BCUT2D eigenvalue weighted by atomic mass is 14.9. The average molecular weight is 247 g/mol. The van der Waals surface area contributed by atoms with Crippen LogP contribution in [0.5, 0.6) is 0 Å². The summed E-state index contributed by atoms with van der Waals surface area (Å²) in [5.74, 6) is 1.43. The normalized spacial score (nSPS) is 14.8. The van der Waals surface area contributed by atoms with Gasteiger partial charge in [-0.15, -0.1) is 0 Å². The van der Waals surface area contributed by atoms with Gasteiger partial charge in [-0.1, -0.05) is 51.5 Å². The van der Waals surface area contributed by atoms with Crippen LogP contribution in [0.2, 0.25) is 0 Å². The summed E-state index contributed by atoms with van der Waals surface area (Å²) in [4.78, 5) is 0. The second kappa shape index (κ2) is 6.94. The number of benzene rings is 1. The largest absolute Gasteiger partial charge is 0.314 e. The summed E-state index contributed by atoms with van der Waals surface area (Å²) in [6, 6.07) is 7.37.